The summed E-state index contributed by atoms with van der Waals surface area (Å²) < 4.78 is 5.08. The predicted molar refractivity (Wildman–Crippen MR) is 161 cm³/mol. The number of aliphatic hydroxyl groups is 1. The van der Waals surface area contributed by atoms with Gasteiger partial charge in [-0.2, -0.15) is 0 Å². The van der Waals surface area contributed by atoms with E-state index in [0.29, 0.717) is 62.4 Å². The summed E-state index contributed by atoms with van der Waals surface area (Å²) in [6.45, 7) is 7.56. The number of hydrogen-bond acceptors (Lipinski definition) is 6. The van der Waals surface area contributed by atoms with Crippen LogP contribution in [0.4, 0.5) is 5.69 Å². The van der Waals surface area contributed by atoms with Crippen LogP contribution in [0.25, 0.3) is 11.2 Å². The average Bonchev–Trinajstić information content (AvgIpc) is 3.32. The van der Waals surface area contributed by atoms with Crippen molar-refractivity contribution in [3.05, 3.63) is 92.4 Å². The van der Waals surface area contributed by atoms with Gasteiger partial charge < -0.3 is 15.4 Å². The van der Waals surface area contributed by atoms with Gasteiger partial charge in [-0.25, -0.2) is 9.78 Å². The largest absolute Gasteiger partial charge is 0.399 e. The molecule has 9 heteroatoms. The number of benzene rings is 2. The van der Waals surface area contributed by atoms with E-state index in [0.717, 1.165) is 42.8 Å². The van der Waals surface area contributed by atoms with E-state index in [4.69, 9.17) is 10.7 Å². The van der Waals surface area contributed by atoms with Crippen molar-refractivity contribution in [2.45, 2.75) is 65.6 Å². The molecule has 0 aliphatic heterocycles. The summed E-state index contributed by atoms with van der Waals surface area (Å²) in [6, 6.07) is 17.7. The highest BCUT2D eigenvalue weighted by atomic mass is 16.3. The van der Waals surface area contributed by atoms with Crippen LogP contribution in [0.5, 0.6) is 0 Å². The number of aromatic nitrogens is 4. The molecule has 0 radical (unpaired) electrons. The first-order valence-corrected chi connectivity index (χ1v) is 14.4. The normalized spacial score (nSPS) is 11.6. The third kappa shape index (κ3) is 6.89. The minimum absolute atomic E-state index is 0.0737. The van der Waals surface area contributed by atoms with E-state index >= 15 is 0 Å². The van der Waals surface area contributed by atoms with E-state index in [1.165, 1.54) is 4.57 Å². The van der Waals surface area contributed by atoms with Crippen molar-refractivity contribution in [3.8, 4) is 0 Å². The Kier molecular flexibility index (Phi) is 10.3. The Bertz CT molecular complexity index is 1490. The summed E-state index contributed by atoms with van der Waals surface area (Å²) >= 11 is 0. The summed E-state index contributed by atoms with van der Waals surface area (Å²) in [5.74, 6) is 0.755. The zero-order valence-electron chi connectivity index (χ0n) is 23.8. The average molecular weight is 547 g/mol. The summed E-state index contributed by atoms with van der Waals surface area (Å²) in [5.41, 5.74) is 9.02. The lowest BCUT2D eigenvalue weighted by Crippen LogP contribution is -2.41. The highest BCUT2D eigenvalue weighted by Gasteiger charge is 2.22. The van der Waals surface area contributed by atoms with Gasteiger partial charge in [0.1, 0.15) is 5.82 Å². The van der Waals surface area contributed by atoms with Gasteiger partial charge in [-0.3, -0.25) is 18.8 Å². The Morgan fingerprint density at radius 1 is 0.850 bits per heavy atom. The number of unbranched alkanes of at least 4 members (excludes halogenated alkanes) is 2. The van der Waals surface area contributed by atoms with Crippen molar-refractivity contribution < 1.29 is 5.11 Å². The molecule has 0 fully saturated rings. The topological polar surface area (TPSA) is 111 Å². The quantitative estimate of drug-likeness (QED) is 0.175. The van der Waals surface area contributed by atoms with Crippen molar-refractivity contribution in [1.29, 1.82) is 0 Å². The number of anilines is 1. The maximum atomic E-state index is 14.0. The molecule has 0 atom stereocenters. The minimum atomic E-state index is -0.310. The van der Waals surface area contributed by atoms with Gasteiger partial charge >= 0.3 is 5.69 Å². The molecular formula is C31H42N6O3. The van der Waals surface area contributed by atoms with Crippen molar-refractivity contribution in [2.75, 3.05) is 32.0 Å². The van der Waals surface area contributed by atoms with Crippen LogP contribution in [0.3, 0.4) is 0 Å². The lowest BCUT2D eigenvalue weighted by Gasteiger charge is -2.20. The van der Waals surface area contributed by atoms with Crippen LogP contribution in [-0.2, 0) is 32.5 Å². The summed E-state index contributed by atoms with van der Waals surface area (Å²) in [6.07, 6.45) is 3.87. The number of nitrogens with two attached hydrogens (primary N) is 1. The molecule has 214 valence electrons. The van der Waals surface area contributed by atoms with E-state index in [2.05, 4.69) is 18.7 Å². The molecule has 0 bridgehead atoms. The van der Waals surface area contributed by atoms with Gasteiger partial charge in [-0.15, -0.1) is 0 Å². The number of imidazole rings is 1. The van der Waals surface area contributed by atoms with Crippen LogP contribution in [0.15, 0.2) is 64.2 Å². The molecule has 0 unspecified atom stereocenters. The molecule has 0 saturated heterocycles. The number of nitrogens with zero attached hydrogens (tertiary/aromatic N) is 5. The van der Waals surface area contributed by atoms with Crippen LogP contribution < -0.4 is 17.0 Å². The van der Waals surface area contributed by atoms with Gasteiger partial charge in [-0.1, -0.05) is 69.2 Å². The second kappa shape index (κ2) is 14.1. The van der Waals surface area contributed by atoms with E-state index in [1.54, 1.807) is 4.57 Å². The number of hydrogen-bond donors (Lipinski definition) is 2. The smallest absolute Gasteiger partial charge is 0.332 e. The first kappa shape index (κ1) is 29.3. The molecule has 2 heterocycles. The van der Waals surface area contributed by atoms with Gasteiger partial charge in [0.05, 0.1) is 6.61 Å². The van der Waals surface area contributed by atoms with E-state index < -0.39 is 0 Å². The molecule has 0 spiro atoms. The Morgan fingerprint density at radius 2 is 1.60 bits per heavy atom. The molecule has 2 aromatic heterocycles. The molecule has 4 aromatic rings. The Balaban J connectivity index is 1.85. The van der Waals surface area contributed by atoms with Crippen LogP contribution in [0.1, 0.15) is 50.1 Å². The molecule has 0 aliphatic rings. The molecule has 0 amide bonds. The highest BCUT2D eigenvalue weighted by Crippen LogP contribution is 2.17. The number of aliphatic hydroxyl groups excluding tert-OH is 1. The summed E-state index contributed by atoms with van der Waals surface area (Å²) in [4.78, 5) is 34.8. The molecule has 2 aromatic carbocycles. The maximum absolute atomic E-state index is 14.0. The minimum Gasteiger partial charge on any atom is -0.399 e. The molecule has 40 heavy (non-hydrogen) atoms. The first-order valence-electron chi connectivity index (χ1n) is 14.4. The fourth-order valence-electron chi connectivity index (χ4n) is 5.14. The summed E-state index contributed by atoms with van der Waals surface area (Å²) in [5, 5.41) is 9.51. The van der Waals surface area contributed by atoms with Gasteiger partial charge in [0.15, 0.2) is 11.2 Å². The third-order valence-corrected chi connectivity index (χ3v) is 7.49. The van der Waals surface area contributed by atoms with Gasteiger partial charge in [-0.05, 0) is 42.6 Å². The van der Waals surface area contributed by atoms with Gasteiger partial charge in [0.25, 0.3) is 5.56 Å². The third-order valence-electron chi connectivity index (χ3n) is 7.49. The van der Waals surface area contributed by atoms with Gasteiger partial charge in [0, 0.05) is 44.8 Å². The number of nitrogen functional groups attached to an aromatic ring is 1. The van der Waals surface area contributed by atoms with E-state index in [1.807, 2.05) is 59.2 Å². The highest BCUT2D eigenvalue weighted by molar-refractivity contribution is 5.71. The van der Waals surface area contributed by atoms with E-state index in [9.17, 15) is 14.7 Å². The molecule has 4 rings (SSSR count). The van der Waals surface area contributed by atoms with Gasteiger partial charge in [0.2, 0.25) is 0 Å². The Labute approximate surface area is 235 Å². The second-order valence-corrected chi connectivity index (χ2v) is 10.3. The summed E-state index contributed by atoms with van der Waals surface area (Å²) in [7, 11) is 0. The number of fused-ring (bicyclic) bond motifs is 1. The zero-order chi connectivity index (χ0) is 28.5. The van der Waals surface area contributed by atoms with Crippen molar-refractivity contribution >= 4 is 16.9 Å². The van der Waals surface area contributed by atoms with Crippen LogP contribution in [-0.4, -0.2) is 54.9 Å². The van der Waals surface area contributed by atoms with Crippen LogP contribution in [0.2, 0.25) is 0 Å². The lowest BCUT2D eigenvalue weighted by molar-refractivity contribution is 0.197. The zero-order valence-corrected chi connectivity index (χ0v) is 23.8. The monoisotopic (exact) mass is 546 g/mol. The molecule has 9 nitrogen and oxygen atoms in total. The van der Waals surface area contributed by atoms with E-state index in [-0.39, 0.29) is 17.9 Å². The number of likely N-dealkylation sites (N-methyl/N-ethyl adjacent to an activating group) is 1. The van der Waals surface area contributed by atoms with Crippen molar-refractivity contribution in [3.63, 3.8) is 0 Å². The van der Waals surface area contributed by atoms with Crippen LogP contribution in [0, 0.1) is 0 Å². The molecule has 0 aliphatic carbocycles. The Hall–Kier alpha value is -3.69. The maximum Gasteiger partial charge on any atom is 0.332 e. The molecule has 0 saturated carbocycles. The standard InChI is InChI=1S/C31H42N6O3/c1-3-5-9-17-37-30(39)28-29(36(31(37)40)18-16-24-12-14-26(32)15-13-24)33-27(23-25-10-7-6-8-11-25)35(28)20-19-34(4-2)21-22-38/h6-8,10-15,38H,3-5,9,16-23,32H2,1-2H3. The Morgan fingerprint density at radius 3 is 2.27 bits per heavy atom. The molecular weight excluding hydrogens is 504 g/mol. The van der Waals surface area contributed by atoms with Crippen LogP contribution >= 0.6 is 0 Å². The molecule has 3 N–H and O–H groups in total. The SMILES string of the molecule is CCCCCn1c(=O)c2c(nc(Cc3ccccc3)n2CCN(CC)CCO)n(CCc2ccc(N)cc2)c1=O. The fraction of sp³-hybridized carbons (Fsp3) is 0.452. The fourth-order valence-corrected chi connectivity index (χ4v) is 5.14. The number of rotatable bonds is 15. The first-order chi connectivity index (χ1) is 19.5. The predicted octanol–water partition coefficient (Wildman–Crippen LogP) is 3.28. The van der Waals surface area contributed by atoms with Crippen molar-refractivity contribution in [1.82, 2.24) is 23.6 Å². The second-order valence-electron chi connectivity index (χ2n) is 10.3. The lowest BCUT2D eigenvalue weighted by atomic mass is 10.1. The number of aryl methyl sites for hydroxylation is 2. The van der Waals surface area contributed by atoms with Crippen molar-refractivity contribution in [2.24, 2.45) is 0 Å².